The molecule has 0 spiro atoms. The van der Waals surface area contributed by atoms with E-state index in [1.807, 2.05) is 133 Å². The van der Waals surface area contributed by atoms with Crippen LogP contribution in [0.5, 0.6) is 46.0 Å². The molecule has 0 aliphatic heterocycles. The van der Waals surface area contributed by atoms with Crippen molar-refractivity contribution in [2.45, 2.75) is 214 Å². The Hall–Kier alpha value is -11.1. The predicted octanol–water partition coefficient (Wildman–Crippen LogP) is 28.5. The molecule has 0 aromatic heterocycles. The number of rotatable bonds is 61. The van der Waals surface area contributed by atoms with Gasteiger partial charge in [0, 0.05) is 5.57 Å². The first-order chi connectivity index (χ1) is 58.6. The van der Waals surface area contributed by atoms with Gasteiger partial charge in [-0.2, -0.15) is 30.7 Å². The summed E-state index contributed by atoms with van der Waals surface area (Å²) in [6.45, 7) is 16.8. The molecule has 0 saturated carbocycles. The fourth-order valence-corrected chi connectivity index (χ4v) is 12.9. The molecular weight excluding hydrogens is 1490 g/mol. The quantitative estimate of drug-likeness (QED) is 0.0151. The molecule has 18 heteroatoms. The first-order valence-electron chi connectivity index (χ1n) is 43.8. The van der Waals surface area contributed by atoms with Crippen LogP contribution in [0.2, 0.25) is 0 Å². The number of unbranched alkanes of at least 4 members (excludes halogenated alkanes) is 18. The second-order valence-corrected chi connectivity index (χ2v) is 30.2. The second-order valence-electron chi connectivity index (χ2n) is 30.2. The van der Waals surface area contributed by atoms with E-state index < -0.39 is 5.97 Å². The molecule has 632 valence electrons. The molecule has 0 fully saturated rings. The summed E-state index contributed by atoms with van der Waals surface area (Å²) in [6.07, 6.45) is 27.9. The van der Waals surface area contributed by atoms with Gasteiger partial charge in [-0.05, 0) is 347 Å². The number of aryl methyl sites for hydroxylation is 3. The smallest absolute Gasteiger partial charge is 0.338 e. The van der Waals surface area contributed by atoms with Gasteiger partial charge in [-0.3, -0.25) is 0 Å². The van der Waals surface area contributed by atoms with Gasteiger partial charge in [0.2, 0.25) is 5.75 Å². The zero-order chi connectivity index (χ0) is 83.2. The van der Waals surface area contributed by atoms with Crippen LogP contribution in [0.4, 0.5) is 34.1 Å². The fourth-order valence-electron chi connectivity index (χ4n) is 12.9. The number of carbonyl (C=O) groups excluding carboxylic acids is 2. The van der Waals surface area contributed by atoms with Crippen LogP contribution in [0.1, 0.15) is 222 Å². The summed E-state index contributed by atoms with van der Waals surface area (Å²) in [6, 6.07) is 67.9. The molecule has 0 radical (unpaired) electrons. The van der Waals surface area contributed by atoms with Gasteiger partial charge in [-0.1, -0.05) is 107 Å². The summed E-state index contributed by atoms with van der Waals surface area (Å²) in [5.74, 6) is 4.62. The van der Waals surface area contributed by atoms with Crippen LogP contribution < -0.4 is 37.9 Å². The third-order valence-corrected chi connectivity index (χ3v) is 20.0. The highest BCUT2D eigenvalue weighted by atomic mass is 16.6. The van der Waals surface area contributed by atoms with Crippen molar-refractivity contribution in [3.05, 3.63) is 241 Å². The monoisotopic (exact) mass is 1610 g/mol. The number of hydrogen-bond donors (Lipinski definition) is 0. The van der Waals surface area contributed by atoms with Crippen molar-refractivity contribution in [2.75, 3.05) is 66.1 Å². The van der Waals surface area contributed by atoms with E-state index in [1.54, 1.807) is 19.1 Å². The molecular formula is C101H126N6O12. The van der Waals surface area contributed by atoms with Gasteiger partial charge < -0.3 is 47.4 Å². The van der Waals surface area contributed by atoms with Crippen molar-refractivity contribution in [3.63, 3.8) is 0 Å². The van der Waals surface area contributed by atoms with Crippen LogP contribution >= 0.6 is 0 Å². The zero-order valence-electron chi connectivity index (χ0n) is 71.0. The average Bonchev–Trinajstić information content (AvgIpc) is 0.815. The first-order valence-corrected chi connectivity index (χ1v) is 43.8. The largest absolute Gasteiger partial charge is 0.494 e. The molecule has 0 bridgehead atoms. The molecule has 9 aromatic carbocycles. The molecule has 0 N–H and O–H groups in total. The minimum absolute atomic E-state index is 0.265. The Morgan fingerprint density at radius 3 is 0.773 bits per heavy atom. The summed E-state index contributed by atoms with van der Waals surface area (Å²) >= 11 is 0. The number of carbonyl (C=O) groups is 2. The number of benzene rings is 9. The highest BCUT2D eigenvalue weighted by molar-refractivity contribution is 5.91. The number of azo groups is 3. The topological polar surface area (TPSA) is 201 Å². The number of hydrogen-bond acceptors (Lipinski definition) is 18. The first kappa shape index (κ1) is 91.8. The van der Waals surface area contributed by atoms with Crippen LogP contribution in [-0.2, 0) is 33.5 Å². The minimum Gasteiger partial charge on any atom is -0.494 e. The van der Waals surface area contributed by atoms with Crippen molar-refractivity contribution >= 4 is 46.1 Å². The molecule has 0 aliphatic carbocycles. The fraction of sp³-hybridized carbons (Fsp3) is 0.426. The summed E-state index contributed by atoms with van der Waals surface area (Å²) in [5, 5.41) is 26.7. The van der Waals surface area contributed by atoms with Crippen LogP contribution in [0.25, 0.3) is 11.1 Å². The lowest BCUT2D eigenvalue weighted by Crippen LogP contribution is -2.11. The molecule has 0 amide bonds. The number of nitrogens with zero attached hydrogens (tertiary/aromatic N) is 6. The van der Waals surface area contributed by atoms with E-state index in [0.29, 0.717) is 94.3 Å². The van der Waals surface area contributed by atoms with E-state index in [4.69, 9.17) is 47.4 Å². The number of ether oxygens (including phenoxy) is 10. The Morgan fingerprint density at radius 1 is 0.269 bits per heavy atom. The third-order valence-electron chi connectivity index (χ3n) is 20.0. The van der Waals surface area contributed by atoms with Crippen molar-refractivity contribution in [1.29, 1.82) is 0 Å². The van der Waals surface area contributed by atoms with Gasteiger partial charge in [0.25, 0.3) is 0 Å². The van der Waals surface area contributed by atoms with Crippen LogP contribution in [0.3, 0.4) is 0 Å². The molecule has 9 aromatic rings. The Labute approximate surface area is 707 Å². The lowest BCUT2D eigenvalue weighted by molar-refractivity contribution is -0.139. The van der Waals surface area contributed by atoms with Gasteiger partial charge in [0.1, 0.15) is 28.7 Å². The molecule has 0 unspecified atom stereocenters. The lowest BCUT2D eigenvalue weighted by atomic mass is 10.1. The van der Waals surface area contributed by atoms with Crippen LogP contribution in [0, 0.1) is 0 Å². The van der Waals surface area contributed by atoms with Gasteiger partial charge in [0.05, 0.1) is 106 Å². The second kappa shape index (κ2) is 55.5. The zero-order valence-corrected chi connectivity index (χ0v) is 71.0. The maximum absolute atomic E-state index is 14.1. The Kier molecular flexibility index (Phi) is 42.8. The SMILES string of the molecule is C=C(C)C(=O)OCCCCCCOc1ccc(-c2ccc(OCCCCCCOC(=O)c3cc(OCCCCCCOc4ccc(N=Nc5ccc(CCCC)cc5)cc4)c(OCCCCCCOc4ccc(N=Nc5ccc(CCCC)cc5)cc4)c(OCCCCCCOc4ccc(N=Nc5ccc(CCCC)cc5)cc4)c3)cc2)cc1. The Morgan fingerprint density at radius 2 is 0.504 bits per heavy atom. The summed E-state index contributed by atoms with van der Waals surface area (Å²) in [5.41, 5.74) is 11.7. The van der Waals surface area contributed by atoms with Gasteiger partial charge in [-0.15, -0.1) is 0 Å². The van der Waals surface area contributed by atoms with Crippen molar-refractivity contribution in [2.24, 2.45) is 30.7 Å². The maximum Gasteiger partial charge on any atom is 0.338 e. The van der Waals surface area contributed by atoms with E-state index in [1.165, 1.54) is 55.2 Å². The van der Waals surface area contributed by atoms with Crippen LogP contribution in [0.15, 0.2) is 249 Å². The predicted molar refractivity (Wildman–Crippen MR) is 478 cm³/mol. The molecule has 9 rings (SSSR count). The van der Waals surface area contributed by atoms with E-state index in [2.05, 4.69) is 119 Å². The molecule has 0 atom stereocenters. The normalized spacial score (nSPS) is 11.3. The molecule has 0 saturated heterocycles. The summed E-state index contributed by atoms with van der Waals surface area (Å²) in [7, 11) is 0. The standard InChI is InChI=1S/C101H126N6O12/c1-6-9-32-80-35-45-86(46-36-80)102-105-89-51-61-94(62-52-89)112-69-22-12-17-27-72-115-97-77-85(101(109)119-76-31-21-16-26-68-111-93-59-43-84(44-60-93)83-41-57-92(58-42-83)110-67-25-15-20-30-75-118-100(108)79(4)5)78-98(116-73-28-18-13-23-70-113-95-63-53-90(54-64-95)106-103-87-47-37-81(38-48-87)33-10-7-2)99(97)117-74-29-19-14-24-71-114-96-65-55-91(56-66-96)107-104-88-49-39-82(40-50-88)34-11-8-3/h35-66,77-78H,4,6-34,67-76H2,1-3,5H3. The molecule has 119 heavy (non-hydrogen) atoms. The molecule has 0 heterocycles. The average molecular weight is 1620 g/mol. The van der Waals surface area contributed by atoms with Crippen molar-refractivity contribution in [3.8, 4) is 57.1 Å². The van der Waals surface area contributed by atoms with E-state index in [0.717, 1.165) is 215 Å². The minimum atomic E-state index is -0.449. The summed E-state index contributed by atoms with van der Waals surface area (Å²) < 4.78 is 61.6. The van der Waals surface area contributed by atoms with E-state index in [9.17, 15) is 9.59 Å². The van der Waals surface area contributed by atoms with Crippen molar-refractivity contribution in [1.82, 2.24) is 0 Å². The Balaban J connectivity index is 0.755. The van der Waals surface area contributed by atoms with Crippen LogP contribution in [-0.4, -0.2) is 78.0 Å². The van der Waals surface area contributed by atoms with E-state index in [-0.39, 0.29) is 12.6 Å². The van der Waals surface area contributed by atoms with E-state index >= 15 is 0 Å². The summed E-state index contributed by atoms with van der Waals surface area (Å²) in [4.78, 5) is 25.7. The third kappa shape index (κ3) is 36.7. The van der Waals surface area contributed by atoms with Gasteiger partial charge >= 0.3 is 11.9 Å². The molecule has 18 nitrogen and oxygen atoms in total. The Bertz CT molecular complexity index is 4260. The lowest BCUT2D eigenvalue weighted by Gasteiger charge is -2.19. The highest BCUT2D eigenvalue weighted by Crippen LogP contribution is 2.41. The highest BCUT2D eigenvalue weighted by Gasteiger charge is 2.21. The van der Waals surface area contributed by atoms with Gasteiger partial charge in [-0.25, -0.2) is 9.59 Å². The van der Waals surface area contributed by atoms with Crippen molar-refractivity contribution < 1.29 is 57.0 Å². The maximum atomic E-state index is 14.1. The number of esters is 2. The molecule has 0 aliphatic rings. The van der Waals surface area contributed by atoms with Gasteiger partial charge in [0.15, 0.2) is 11.5 Å².